The Morgan fingerprint density at radius 3 is 2.30 bits per heavy atom. The van der Waals surface area contributed by atoms with E-state index in [1.54, 1.807) is 0 Å². The van der Waals surface area contributed by atoms with Crippen molar-refractivity contribution in [3.05, 3.63) is 71.8 Å². The van der Waals surface area contributed by atoms with E-state index in [0.29, 0.717) is 6.54 Å². The number of benzene rings is 2. The Balaban J connectivity index is 1.73. The highest BCUT2D eigenvalue weighted by Crippen LogP contribution is 2.15. The Labute approximate surface area is 119 Å². The summed E-state index contributed by atoms with van der Waals surface area (Å²) in [5, 5.41) is 2.77. The molecule has 0 heterocycles. The summed E-state index contributed by atoms with van der Waals surface area (Å²) in [7, 11) is 0. The van der Waals surface area contributed by atoms with Crippen LogP contribution in [0.2, 0.25) is 0 Å². The highest BCUT2D eigenvalue weighted by Gasteiger charge is 2.10. The number of nitrogens with one attached hydrogen (secondary N) is 1. The minimum atomic E-state index is -0.378. The molecule has 0 aliphatic carbocycles. The van der Waals surface area contributed by atoms with Crippen LogP contribution >= 0.6 is 0 Å². The summed E-state index contributed by atoms with van der Waals surface area (Å²) in [4.78, 5) is 11.7. The van der Waals surface area contributed by atoms with Gasteiger partial charge in [-0.25, -0.2) is 4.79 Å². The van der Waals surface area contributed by atoms with E-state index in [1.165, 1.54) is 5.56 Å². The van der Waals surface area contributed by atoms with Gasteiger partial charge in [0.25, 0.3) is 0 Å². The monoisotopic (exact) mass is 269 g/mol. The molecule has 0 saturated heterocycles. The van der Waals surface area contributed by atoms with Crippen molar-refractivity contribution in [2.45, 2.75) is 19.4 Å². The van der Waals surface area contributed by atoms with Crippen LogP contribution in [0.5, 0.6) is 0 Å². The molecule has 0 radical (unpaired) electrons. The molecule has 0 spiro atoms. The quantitative estimate of drug-likeness (QED) is 0.898. The average molecular weight is 269 g/mol. The van der Waals surface area contributed by atoms with Crippen LogP contribution in [0, 0.1) is 0 Å². The number of hydrogen-bond acceptors (Lipinski definition) is 2. The lowest BCUT2D eigenvalue weighted by Crippen LogP contribution is -2.27. The Morgan fingerprint density at radius 1 is 1.05 bits per heavy atom. The summed E-state index contributed by atoms with van der Waals surface area (Å²) in [6.45, 7) is 2.44. The smallest absolute Gasteiger partial charge is 0.407 e. The van der Waals surface area contributed by atoms with Crippen molar-refractivity contribution in [1.29, 1.82) is 0 Å². The van der Waals surface area contributed by atoms with Gasteiger partial charge in [0, 0.05) is 6.54 Å². The fourth-order valence-corrected chi connectivity index (χ4v) is 1.95. The van der Waals surface area contributed by atoms with E-state index in [4.69, 9.17) is 4.74 Å². The van der Waals surface area contributed by atoms with E-state index in [9.17, 15) is 4.79 Å². The molecule has 3 nitrogen and oxygen atoms in total. The first-order valence-corrected chi connectivity index (χ1v) is 6.79. The van der Waals surface area contributed by atoms with E-state index < -0.39 is 0 Å². The molecule has 0 unspecified atom stereocenters. The topological polar surface area (TPSA) is 38.3 Å². The van der Waals surface area contributed by atoms with Crippen molar-refractivity contribution in [2.75, 3.05) is 6.54 Å². The van der Waals surface area contributed by atoms with Gasteiger partial charge in [-0.15, -0.1) is 0 Å². The molecule has 2 aromatic carbocycles. The summed E-state index contributed by atoms with van der Waals surface area (Å²) in [5.41, 5.74) is 2.19. The maximum Gasteiger partial charge on any atom is 0.407 e. The van der Waals surface area contributed by atoms with Crippen LogP contribution in [0.4, 0.5) is 4.79 Å². The molecule has 0 aliphatic heterocycles. The Hall–Kier alpha value is -2.29. The van der Waals surface area contributed by atoms with Crippen LogP contribution in [0.25, 0.3) is 0 Å². The zero-order valence-electron chi connectivity index (χ0n) is 11.6. The molecule has 0 aliphatic rings. The van der Waals surface area contributed by atoms with Crippen LogP contribution in [-0.4, -0.2) is 12.6 Å². The molecule has 104 valence electrons. The first-order valence-electron chi connectivity index (χ1n) is 6.79. The SMILES string of the molecule is C[C@H](OC(=O)NCCc1ccccc1)c1ccccc1. The largest absolute Gasteiger partial charge is 0.442 e. The molecule has 2 rings (SSSR count). The van der Waals surface area contributed by atoms with Gasteiger partial charge in [0.15, 0.2) is 0 Å². The Morgan fingerprint density at radius 2 is 1.65 bits per heavy atom. The van der Waals surface area contributed by atoms with Gasteiger partial charge < -0.3 is 10.1 Å². The molecule has 0 aromatic heterocycles. The van der Waals surface area contributed by atoms with Crippen LogP contribution in [-0.2, 0) is 11.2 Å². The van der Waals surface area contributed by atoms with Crippen molar-refractivity contribution in [2.24, 2.45) is 0 Å². The van der Waals surface area contributed by atoms with Crippen molar-refractivity contribution in [3.63, 3.8) is 0 Å². The third kappa shape index (κ3) is 4.43. The van der Waals surface area contributed by atoms with Crippen molar-refractivity contribution in [3.8, 4) is 0 Å². The maximum absolute atomic E-state index is 11.7. The normalized spacial score (nSPS) is 11.7. The zero-order chi connectivity index (χ0) is 14.2. The van der Waals surface area contributed by atoms with Gasteiger partial charge in [-0.2, -0.15) is 0 Å². The highest BCUT2D eigenvalue weighted by molar-refractivity contribution is 5.67. The second-order valence-corrected chi connectivity index (χ2v) is 4.62. The molecule has 20 heavy (non-hydrogen) atoms. The van der Waals surface area contributed by atoms with Gasteiger partial charge in [-0.1, -0.05) is 60.7 Å². The first-order chi connectivity index (χ1) is 9.75. The lowest BCUT2D eigenvalue weighted by molar-refractivity contribution is 0.107. The van der Waals surface area contributed by atoms with Crippen molar-refractivity contribution >= 4 is 6.09 Å². The molecule has 0 bridgehead atoms. The number of alkyl carbamates (subject to hydrolysis) is 1. The second-order valence-electron chi connectivity index (χ2n) is 4.62. The number of ether oxygens (including phenoxy) is 1. The van der Waals surface area contributed by atoms with Gasteiger partial charge in [-0.3, -0.25) is 0 Å². The van der Waals surface area contributed by atoms with Crippen LogP contribution in [0.3, 0.4) is 0 Å². The second kappa shape index (κ2) is 7.34. The summed E-state index contributed by atoms with van der Waals surface area (Å²) >= 11 is 0. The first kappa shape index (κ1) is 14.1. The van der Waals surface area contributed by atoms with Gasteiger partial charge in [-0.05, 0) is 24.5 Å². The number of rotatable bonds is 5. The predicted octanol–water partition coefficient (Wildman–Crippen LogP) is 3.72. The average Bonchev–Trinajstić information content (AvgIpc) is 2.49. The fraction of sp³-hybridized carbons (Fsp3) is 0.235. The minimum Gasteiger partial charge on any atom is -0.442 e. The molecule has 3 heteroatoms. The maximum atomic E-state index is 11.7. The standard InChI is InChI=1S/C17H19NO2/c1-14(16-10-6-3-7-11-16)20-17(19)18-13-12-15-8-4-2-5-9-15/h2-11,14H,12-13H2,1H3,(H,18,19)/t14-/m0/s1. The van der Waals surface area contributed by atoms with Gasteiger partial charge in [0.05, 0.1) is 0 Å². The molecule has 2 aromatic rings. The number of carbonyl (C=O) groups excluding carboxylic acids is 1. The lowest BCUT2D eigenvalue weighted by atomic mass is 10.1. The number of hydrogen-bond donors (Lipinski definition) is 1. The number of amides is 1. The molecular formula is C17H19NO2. The van der Waals surface area contributed by atoms with E-state index in [-0.39, 0.29) is 12.2 Å². The molecule has 1 N–H and O–H groups in total. The Kier molecular flexibility index (Phi) is 5.18. The minimum absolute atomic E-state index is 0.243. The van der Waals surface area contributed by atoms with E-state index in [0.717, 1.165) is 12.0 Å². The van der Waals surface area contributed by atoms with E-state index in [2.05, 4.69) is 5.32 Å². The third-order valence-corrected chi connectivity index (χ3v) is 3.08. The number of carbonyl (C=O) groups is 1. The summed E-state index contributed by atoms with van der Waals surface area (Å²) in [5.74, 6) is 0. The molecule has 1 atom stereocenters. The van der Waals surface area contributed by atoms with Crippen molar-refractivity contribution < 1.29 is 9.53 Å². The van der Waals surface area contributed by atoms with Crippen LogP contribution in [0.1, 0.15) is 24.2 Å². The predicted molar refractivity (Wildman–Crippen MR) is 79.5 cm³/mol. The van der Waals surface area contributed by atoms with Gasteiger partial charge in [0.1, 0.15) is 6.10 Å². The van der Waals surface area contributed by atoms with Crippen molar-refractivity contribution in [1.82, 2.24) is 5.32 Å². The molecule has 1 amide bonds. The molecule has 0 saturated carbocycles. The highest BCUT2D eigenvalue weighted by atomic mass is 16.6. The molecular weight excluding hydrogens is 250 g/mol. The third-order valence-electron chi connectivity index (χ3n) is 3.08. The van der Waals surface area contributed by atoms with Gasteiger partial charge in [0.2, 0.25) is 0 Å². The van der Waals surface area contributed by atoms with Crippen LogP contribution in [0.15, 0.2) is 60.7 Å². The summed E-state index contributed by atoms with van der Waals surface area (Å²) in [6, 6.07) is 19.7. The van der Waals surface area contributed by atoms with Crippen LogP contribution < -0.4 is 5.32 Å². The van der Waals surface area contributed by atoms with E-state index in [1.807, 2.05) is 67.6 Å². The van der Waals surface area contributed by atoms with Gasteiger partial charge >= 0.3 is 6.09 Å². The summed E-state index contributed by atoms with van der Waals surface area (Å²) < 4.78 is 5.32. The fourth-order valence-electron chi connectivity index (χ4n) is 1.95. The van der Waals surface area contributed by atoms with E-state index >= 15 is 0 Å². The lowest BCUT2D eigenvalue weighted by Gasteiger charge is -2.14. The summed E-state index contributed by atoms with van der Waals surface area (Å²) in [6.07, 6.45) is 0.181. The zero-order valence-corrected chi connectivity index (χ0v) is 11.6. The molecule has 0 fully saturated rings. The Bertz CT molecular complexity index is 525.